The van der Waals surface area contributed by atoms with Gasteiger partial charge in [-0.25, -0.2) is 24.4 Å². The second kappa shape index (κ2) is 7.23. The molecular formula is C20H15N7O3. The van der Waals surface area contributed by atoms with Crippen LogP contribution in [0.2, 0.25) is 0 Å². The van der Waals surface area contributed by atoms with Crippen molar-refractivity contribution >= 4 is 22.8 Å². The Hall–Kier alpha value is -4.36. The van der Waals surface area contributed by atoms with Gasteiger partial charge >= 0.3 is 5.97 Å². The highest BCUT2D eigenvalue weighted by atomic mass is 16.4. The maximum atomic E-state index is 11.8. The average molecular weight is 401 g/mol. The number of benzene rings is 1. The van der Waals surface area contributed by atoms with E-state index >= 15 is 0 Å². The predicted octanol–water partition coefficient (Wildman–Crippen LogP) is 1.15. The number of anilines is 1. The zero-order valence-corrected chi connectivity index (χ0v) is 15.7. The van der Waals surface area contributed by atoms with Crippen LogP contribution in [-0.2, 0) is 5.60 Å². The molecule has 1 aromatic carbocycles. The zero-order valence-electron chi connectivity index (χ0n) is 15.7. The lowest BCUT2D eigenvalue weighted by molar-refractivity contribution is 0.0689. The molecular weight excluding hydrogens is 386 g/mol. The summed E-state index contributed by atoms with van der Waals surface area (Å²) in [5.74, 6) is 4.83. The Morgan fingerprint density at radius 1 is 1.17 bits per heavy atom. The van der Waals surface area contributed by atoms with Crippen molar-refractivity contribution < 1.29 is 15.0 Å². The maximum absolute atomic E-state index is 11.8. The molecule has 3 heterocycles. The number of aromatic nitrogens is 6. The summed E-state index contributed by atoms with van der Waals surface area (Å²) in [6.07, 6.45) is 4.45. The van der Waals surface area contributed by atoms with Crippen LogP contribution in [0.5, 0.6) is 0 Å². The molecule has 4 aromatic rings. The van der Waals surface area contributed by atoms with Crippen molar-refractivity contribution in [3.63, 3.8) is 0 Å². The van der Waals surface area contributed by atoms with Gasteiger partial charge in [-0.2, -0.15) is 10.1 Å². The molecule has 0 saturated heterocycles. The summed E-state index contributed by atoms with van der Waals surface area (Å²) < 4.78 is 1.19. The smallest absolute Gasteiger partial charge is 0.355 e. The lowest BCUT2D eigenvalue weighted by atomic mass is 10.1. The molecule has 10 nitrogen and oxygen atoms in total. The fourth-order valence-corrected chi connectivity index (χ4v) is 2.82. The molecule has 10 heteroatoms. The van der Waals surface area contributed by atoms with E-state index in [4.69, 9.17) is 5.73 Å². The lowest BCUT2D eigenvalue weighted by Gasteiger charge is -2.13. The standard InChI is InChI=1S/C20H15N7O3/c1-20(30,18-22-8-2-9-23-18)7-5-12-3-4-13-14(11-12)26-27(16(13)17(28)29)15-6-10-24-19(21)25-15/h2-4,6,8-11,30H,1H3,(H,28,29)(H2,21,24,25). The number of hydrogen-bond acceptors (Lipinski definition) is 8. The van der Waals surface area contributed by atoms with Crippen molar-refractivity contribution in [1.82, 2.24) is 29.7 Å². The first-order valence-corrected chi connectivity index (χ1v) is 8.73. The molecule has 0 spiro atoms. The third-order valence-electron chi connectivity index (χ3n) is 4.20. The number of rotatable bonds is 3. The summed E-state index contributed by atoms with van der Waals surface area (Å²) in [6, 6.07) is 8.02. The van der Waals surface area contributed by atoms with Gasteiger partial charge in [0.25, 0.3) is 0 Å². The average Bonchev–Trinajstić information content (AvgIpc) is 3.12. The number of nitrogens with two attached hydrogens (primary N) is 1. The highest BCUT2D eigenvalue weighted by Crippen LogP contribution is 2.23. The predicted molar refractivity (Wildman–Crippen MR) is 107 cm³/mol. The Bertz CT molecular complexity index is 1320. The number of nitrogen functional groups attached to an aromatic ring is 1. The van der Waals surface area contributed by atoms with E-state index in [1.807, 2.05) is 0 Å². The highest BCUT2D eigenvalue weighted by Gasteiger charge is 2.23. The monoisotopic (exact) mass is 401 g/mol. The quantitative estimate of drug-likeness (QED) is 0.429. The van der Waals surface area contributed by atoms with Crippen molar-refractivity contribution in [3.8, 4) is 17.7 Å². The topological polar surface area (TPSA) is 153 Å². The number of aliphatic hydroxyl groups is 1. The first-order chi connectivity index (χ1) is 14.3. The van der Waals surface area contributed by atoms with Crippen LogP contribution < -0.4 is 5.73 Å². The van der Waals surface area contributed by atoms with Crippen LogP contribution in [0, 0.1) is 11.8 Å². The molecule has 0 amide bonds. The van der Waals surface area contributed by atoms with Crippen LogP contribution in [0.3, 0.4) is 0 Å². The second-order valence-electron chi connectivity index (χ2n) is 6.47. The van der Waals surface area contributed by atoms with Crippen molar-refractivity contribution in [2.24, 2.45) is 0 Å². The molecule has 0 radical (unpaired) electrons. The van der Waals surface area contributed by atoms with Gasteiger partial charge in [0.2, 0.25) is 5.95 Å². The van der Waals surface area contributed by atoms with Crippen LogP contribution >= 0.6 is 0 Å². The van der Waals surface area contributed by atoms with Gasteiger partial charge in [-0.15, -0.1) is 0 Å². The Balaban J connectivity index is 1.78. The van der Waals surface area contributed by atoms with Crippen LogP contribution in [0.15, 0.2) is 48.9 Å². The first kappa shape index (κ1) is 19.0. The van der Waals surface area contributed by atoms with E-state index in [0.717, 1.165) is 0 Å². The van der Waals surface area contributed by atoms with E-state index < -0.39 is 11.6 Å². The van der Waals surface area contributed by atoms with Crippen molar-refractivity contribution in [3.05, 3.63) is 66.0 Å². The van der Waals surface area contributed by atoms with Gasteiger partial charge in [-0.3, -0.25) is 0 Å². The lowest BCUT2D eigenvalue weighted by Crippen LogP contribution is -2.21. The minimum Gasteiger partial charge on any atom is -0.476 e. The third-order valence-corrected chi connectivity index (χ3v) is 4.20. The van der Waals surface area contributed by atoms with Crippen molar-refractivity contribution in [1.29, 1.82) is 0 Å². The first-order valence-electron chi connectivity index (χ1n) is 8.73. The van der Waals surface area contributed by atoms with E-state index in [1.54, 1.807) is 24.3 Å². The van der Waals surface area contributed by atoms with Gasteiger partial charge < -0.3 is 15.9 Å². The molecule has 0 saturated carbocycles. The second-order valence-corrected chi connectivity index (χ2v) is 6.47. The summed E-state index contributed by atoms with van der Waals surface area (Å²) in [5.41, 5.74) is 4.91. The number of carbonyl (C=O) groups is 1. The van der Waals surface area contributed by atoms with Crippen LogP contribution in [0.4, 0.5) is 5.95 Å². The van der Waals surface area contributed by atoms with Crippen LogP contribution in [-0.4, -0.2) is 45.9 Å². The normalized spacial score (nSPS) is 12.7. The molecule has 0 aliphatic heterocycles. The van der Waals surface area contributed by atoms with E-state index in [0.29, 0.717) is 16.5 Å². The molecule has 4 rings (SSSR count). The van der Waals surface area contributed by atoms with Crippen LogP contribution in [0.25, 0.3) is 16.7 Å². The van der Waals surface area contributed by atoms with Gasteiger partial charge in [0.05, 0.1) is 5.52 Å². The Kier molecular flexibility index (Phi) is 4.57. The number of aromatic carboxylic acids is 1. The van der Waals surface area contributed by atoms with Gasteiger partial charge in [-0.05, 0) is 31.2 Å². The number of fused-ring (bicyclic) bond motifs is 1. The molecule has 0 bridgehead atoms. The summed E-state index contributed by atoms with van der Waals surface area (Å²) in [4.78, 5) is 27.7. The van der Waals surface area contributed by atoms with E-state index in [9.17, 15) is 15.0 Å². The summed E-state index contributed by atoms with van der Waals surface area (Å²) in [6.45, 7) is 1.49. The van der Waals surface area contributed by atoms with Crippen molar-refractivity contribution in [2.75, 3.05) is 5.73 Å². The van der Waals surface area contributed by atoms with Gasteiger partial charge in [-0.1, -0.05) is 11.8 Å². The number of nitrogens with zero attached hydrogens (tertiary/aromatic N) is 6. The van der Waals surface area contributed by atoms with Gasteiger partial charge in [0.1, 0.15) is 0 Å². The number of carboxylic acid groups (broad SMARTS) is 1. The van der Waals surface area contributed by atoms with Crippen LogP contribution in [0.1, 0.15) is 28.8 Å². The summed E-state index contributed by atoms with van der Waals surface area (Å²) in [5, 5.41) is 25.0. The zero-order chi connectivity index (χ0) is 21.3. The Morgan fingerprint density at radius 2 is 1.93 bits per heavy atom. The minimum atomic E-state index is -1.56. The fourth-order valence-electron chi connectivity index (χ4n) is 2.82. The fraction of sp³-hybridized carbons (Fsp3) is 0.100. The van der Waals surface area contributed by atoms with E-state index in [1.165, 1.54) is 36.3 Å². The summed E-state index contributed by atoms with van der Waals surface area (Å²) in [7, 11) is 0. The number of carboxylic acids is 1. The van der Waals surface area contributed by atoms with E-state index in [-0.39, 0.29) is 23.3 Å². The number of hydrogen-bond donors (Lipinski definition) is 3. The molecule has 148 valence electrons. The third kappa shape index (κ3) is 3.52. The molecule has 1 unspecified atom stereocenters. The molecule has 30 heavy (non-hydrogen) atoms. The van der Waals surface area contributed by atoms with Gasteiger partial charge in [0, 0.05) is 35.6 Å². The maximum Gasteiger partial charge on any atom is 0.355 e. The minimum absolute atomic E-state index is 0.000290. The Morgan fingerprint density at radius 3 is 2.63 bits per heavy atom. The summed E-state index contributed by atoms with van der Waals surface area (Å²) >= 11 is 0. The molecule has 1 atom stereocenters. The van der Waals surface area contributed by atoms with Gasteiger partial charge in [0.15, 0.2) is 22.9 Å². The largest absolute Gasteiger partial charge is 0.476 e. The molecule has 0 aliphatic carbocycles. The van der Waals surface area contributed by atoms with E-state index in [2.05, 4.69) is 36.9 Å². The highest BCUT2D eigenvalue weighted by molar-refractivity contribution is 6.02. The molecule has 0 fully saturated rings. The molecule has 4 N–H and O–H groups in total. The Labute approximate surface area is 170 Å². The molecule has 0 aliphatic rings. The van der Waals surface area contributed by atoms with Crippen molar-refractivity contribution in [2.45, 2.75) is 12.5 Å². The molecule has 3 aromatic heterocycles. The SMILES string of the molecule is CC(O)(C#Cc1ccc2c(C(=O)O)n(-c3ccnc(N)n3)nc2c1)c1ncccn1.